The first-order valence-electron chi connectivity index (χ1n) is 4.58. The summed E-state index contributed by atoms with van der Waals surface area (Å²) in [5.74, 6) is 0. The van der Waals surface area contributed by atoms with E-state index in [4.69, 9.17) is 0 Å². The van der Waals surface area contributed by atoms with Gasteiger partial charge in [-0.3, -0.25) is 0 Å². The van der Waals surface area contributed by atoms with Crippen LogP contribution in [0.15, 0.2) is 36.4 Å². The highest BCUT2D eigenvalue weighted by Crippen LogP contribution is 2.26. The van der Waals surface area contributed by atoms with Crippen molar-refractivity contribution in [3.8, 4) is 0 Å². The molecule has 78 valence electrons. The van der Waals surface area contributed by atoms with Crippen molar-refractivity contribution in [2.45, 2.75) is 11.8 Å². The molecule has 0 radical (unpaired) electrons. The lowest BCUT2D eigenvalue weighted by atomic mass is 10.0. The monoisotopic (exact) mass is 270 g/mol. The van der Waals surface area contributed by atoms with Gasteiger partial charge in [0.05, 0.1) is 0 Å². The van der Waals surface area contributed by atoms with Gasteiger partial charge in [-0.25, -0.2) is 8.78 Å². The molecule has 0 amide bonds. The number of alkyl halides is 3. The van der Waals surface area contributed by atoms with Crippen molar-refractivity contribution in [3.63, 3.8) is 0 Å². The average molecular weight is 271 g/mol. The van der Waals surface area contributed by atoms with Gasteiger partial charge in [0.2, 0.25) is 0 Å². The van der Waals surface area contributed by atoms with Gasteiger partial charge < -0.3 is 0 Å². The van der Waals surface area contributed by atoms with E-state index in [2.05, 4.69) is 15.9 Å². The second-order valence-corrected chi connectivity index (χ2v) is 3.89. The molecule has 0 bridgehead atoms. The topological polar surface area (TPSA) is 0 Å². The van der Waals surface area contributed by atoms with Gasteiger partial charge in [0.25, 0.3) is 6.43 Å². The lowest BCUT2D eigenvalue weighted by molar-refractivity contribution is 0.151. The maximum absolute atomic E-state index is 12.5. The summed E-state index contributed by atoms with van der Waals surface area (Å²) < 4.78 is 24.9. The molecule has 3 heteroatoms. The third-order valence-corrected chi connectivity index (χ3v) is 2.99. The molecule has 2 aromatic carbocycles. The molecule has 0 aromatic heterocycles. The number of halogens is 3. The predicted molar refractivity (Wildman–Crippen MR) is 61.5 cm³/mol. The molecule has 0 unspecified atom stereocenters. The maximum atomic E-state index is 12.5. The molecule has 0 aliphatic heterocycles. The Hall–Kier alpha value is -0.960. The van der Waals surface area contributed by atoms with Gasteiger partial charge >= 0.3 is 0 Å². The number of benzene rings is 2. The van der Waals surface area contributed by atoms with E-state index in [0.29, 0.717) is 0 Å². The Labute approximate surface area is 95.0 Å². The van der Waals surface area contributed by atoms with Crippen LogP contribution in [0.1, 0.15) is 17.6 Å². The smallest absolute Gasteiger partial charge is 0.205 e. The van der Waals surface area contributed by atoms with Crippen LogP contribution in [-0.4, -0.2) is 0 Å². The number of hydrogen-bond donors (Lipinski definition) is 0. The van der Waals surface area contributed by atoms with Crippen LogP contribution in [0.25, 0.3) is 10.8 Å². The predicted octanol–water partition coefficient (Wildman–Crippen LogP) is 4.67. The largest absolute Gasteiger partial charge is 0.263 e. The van der Waals surface area contributed by atoms with E-state index in [1.54, 1.807) is 12.1 Å². The van der Waals surface area contributed by atoms with E-state index < -0.39 is 6.43 Å². The Kier molecular flexibility index (Phi) is 3.00. The van der Waals surface area contributed by atoms with E-state index in [1.165, 1.54) is 6.07 Å². The summed E-state index contributed by atoms with van der Waals surface area (Å²) in [6, 6.07) is 10.5. The van der Waals surface area contributed by atoms with E-state index >= 15 is 0 Å². The van der Waals surface area contributed by atoms with Gasteiger partial charge in [-0.2, -0.15) is 0 Å². The average Bonchev–Trinajstić information content (AvgIpc) is 2.27. The molecule has 0 atom stereocenters. The Morgan fingerprint density at radius 2 is 1.93 bits per heavy atom. The van der Waals surface area contributed by atoms with Crippen molar-refractivity contribution in [1.29, 1.82) is 0 Å². The molecule has 0 aliphatic carbocycles. The number of fused-ring (bicyclic) bond motifs is 1. The van der Waals surface area contributed by atoms with Gasteiger partial charge in [-0.05, 0) is 22.4 Å². The first-order valence-corrected chi connectivity index (χ1v) is 5.70. The fraction of sp³-hybridized carbons (Fsp3) is 0.167. The summed E-state index contributed by atoms with van der Waals surface area (Å²) in [6.45, 7) is 0. The van der Waals surface area contributed by atoms with Crippen molar-refractivity contribution in [1.82, 2.24) is 0 Å². The molecule has 0 aliphatic rings. The van der Waals surface area contributed by atoms with Gasteiger partial charge in [0.1, 0.15) is 0 Å². The molecule has 0 N–H and O–H groups in total. The van der Waals surface area contributed by atoms with Crippen LogP contribution in [0.3, 0.4) is 0 Å². The van der Waals surface area contributed by atoms with E-state index in [1.807, 2.05) is 18.2 Å². The van der Waals surface area contributed by atoms with Crippen LogP contribution in [0.5, 0.6) is 0 Å². The molecule has 0 nitrogen and oxygen atoms in total. The van der Waals surface area contributed by atoms with Crippen LogP contribution >= 0.6 is 15.9 Å². The minimum atomic E-state index is -2.40. The molecule has 0 saturated carbocycles. The molecule has 15 heavy (non-hydrogen) atoms. The summed E-state index contributed by atoms with van der Waals surface area (Å²) >= 11 is 3.38. The van der Waals surface area contributed by atoms with Crippen molar-refractivity contribution < 1.29 is 8.78 Å². The Morgan fingerprint density at radius 1 is 1.13 bits per heavy atom. The Balaban J connectivity index is 2.63. The third-order valence-electron chi connectivity index (χ3n) is 2.39. The highest BCUT2D eigenvalue weighted by molar-refractivity contribution is 9.08. The van der Waals surface area contributed by atoms with E-state index in [9.17, 15) is 8.78 Å². The van der Waals surface area contributed by atoms with Gasteiger partial charge in [-0.1, -0.05) is 46.3 Å². The normalized spacial score (nSPS) is 11.2. The van der Waals surface area contributed by atoms with Crippen LogP contribution < -0.4 is 0 Å². The van der Waals surface area contributed by atoms with Crippen molar-refractivity contribution in [3.05, 3.63) is 47.5 Å². The van der Waals surface area contributed by atoms with E-state index in [0.717, 1.165) is 21.7 Å². The van der Waals surface area contributed by atoms with Crippen molar-refractivity contribution in [2.24, 2.45) is 0 Å². The fourth-order valence-corrected chi connectivity index (χ4v) is 2.11. The van der Waals surface area contributed by atoms with Crippen molar-refractivity contribution >= 4 is 26.7 Å². The molecule has 2 aromatic rings. The number of hydrogen-bond acceptors (Lipinski definition) is 0. The molecule has 0 saturated heterocycles. The fourth-order valence-electron chi connectivity index (χ4n) is 1.62. The number of rotatable bonds is 2. The Bertz CT molecular complexity index is 480. The summed E-state index contributed by atoms with van der Waals surface area (Å²) in [5.41, 5.74) is 1.20. The standard InChI is InChI=1S/C12H9BrF2/c13-7-10-3-1-2-8-6-9(12(14)15)4-5-11(8)10/h1-6,12H,7H2. The highest BCUT2D eigenvalue weighted by atomic mass is 79.9. The zero-order valence-corrected chi connectivity index (χ0v) is 9.47. The van der Waals surface area contributed by atoms with Gasteiger partial charge in [-0.15, -0.1) is 0 Å². The summed E-state index contributed by atoms with van der Waals surface area (Å²) in [7, 11) is 0. The molecule has 0 spiro atoms. The lowest BCUT2D eigenvalue weighted by Crippen LogP contribution is -1.86. The maximum Gasteiger partial charge on any atom is 0.263 e. The minimum absolute atomic E-state index is 0.0780. The van der Waals surface area contributed by atoms with Crippen molar-refractivity contribution in [2.75, 3.05) is 0 Å². The van der Waals surface area contributed by atoms with Crippen LogP contribution in [0.2, 0.25) is 0 Å². The summed E-state index contributed by atoms with van der Waals surface area (Å²) in [4.78, 5) is 0. The first kappa shape index (κ1) is 10.6. The first-order chi connectivity index (χ1) is 7.22. The van der Waals surface area contributed by atoms with E-state index in [-0.39, 0.29) is 5.56 Å². The van der Waals surface area contributed by atoms with Crippen LogP contribution in [0.4, 0.5) is 8.78 Å². The highest BCUT2D eigenvalue weighted by Gasteiger charge is 2.08. The second-order valence-electron chi connectivity index (χ2n) is 3.33. The second kappa shape index (κ2) is 4.27. The molecule has 0 heterocycles. The Morgan fingerprint density at radius 3 is 2.60 bits per heavy atom. The summed E-state index contributed by atoms with van der Waals surface area (Å²) in [5, 5.41) is 2.63. The molecule has 0 fully saturated rings. The van der Waals surface area contributed by atoms with Gasteiger partial charge in [0.15, 0.2) is 0 Å². The minimum Gasteiger partial charge on any atom is -0.205 e. The molecular formula is C12H9BrF2. The molecule has 2 rings (SSSR count). The quantitative estimate of drug-likeness (QED) is 0.696. The zero-order chi connectivity index (χ0) is 10.8. The lowest BCUT2D eigenvalue weighted by Gasteiger charge is -2.05. The SMILES string of the molecule is FC(F)c1ccc2c(CBr)cccc2c1. The van der Waals surface area contributed by atoms with Crippen LogP contribution in [-0.2, 0) is 5.33 Å². The molecular weight excluding hydrogens is 262 g/mol. The van der Waals surface area contributed by atoms with Crippen LogP contribution in [0, 0.1) is 0 Å². The van der Waals surface area contributed by atoms with Gasteiger partial charge in [0, 0.05) is 10.9 Å². The third kappa shape index (κ3) is 2.02. The zero-order valence-electron chi connectivity index (χ0n) is 7.88. The summed E-state index contributed by atoms with van der Waals surface area (Å²) in [6.07, 6.45) is -2.40.